The first-order valence-electron chi connectivity index (χ1n) is 21.6. The number of carbonyl (C=O) groups is 6. The summed E-state index contributed by atoms with van der Waals surface area (Å²) in [5.74, 6) is -2.48. The van der Waals surface area contributed by atoms with Gasteiger partial charge in [-0.25, -0.2) is 0 Å². The molecule has 0 aromatic heterocycles. The monoisotopic (exact) mass is 795 g/mol. The van der Waals surface area contributed by atoms with Crippen LogP contribution in [0.4, 0.5) is 0 Å². The normalized spacial score (nSPS) is 25.4. The van der Waals surface area contributed by atoms with Gasteiger partial charge < -0.3 is 20.6 Å². The van der Waals surface area contributed by atoms with Crippen LogP contribution in [0.1, 0.15) is 138 Å². The predicted octanol–water partition coefficient (Wildman–Crippen LogP) is 4.24. The Hall–Kier alpha value is -3.42. The Morgan fingerprint density at radius 1 is 0.947 bits per heavy atom. The van der Waals surface area contributed by atoms with Gasteiger partial charge in [-0.05, 0) is 80.5 Å². The number of amides is 5. The lowest BCUT2D eigenvalue weighted by Crippen LogP contribution is -2.65. The molecule has 5 aliphatic rings. The second-order valence-corrected chi connectivity index (χ2v) is 19.6. The molecule has 6 atom stereocenters. The highest BCUT2D eigenvalue weighted by Crippen LogP contribution is 2.47. The van der Waals surface area contributed by atoms with Gasteiger partial charge >= 0.3 is 0 Å². The third kappa shape index (κ3) is 11.4. The minimum absolute atomic E-state index is 0.0942. The lowest BCUT2D eigenvalue weighted by molar-refractivity contribution is -0.154. The minimum atomic E-state index is -1.38. The van der Waals surface area contributed by atoms with Crippen LogP contribution in [0.5, 0.6) is 0 Å². The zero-order chi connectivity index (χ0) is 41.7. The first-order valence-corrected chi connectivity index (χ1v) is 21.6. The Bertz CT molecular complexity index is 1530. The topological polar surface area (TPSA) is 177 Å². The largest absolute Gasteiger partial charge is 0.365 e. The van der Waals surface area contributed by atoms with Gasteiger partial charge in [0.05, 0.1) is 12.1 Å². The van der Waals surface area contributed by atoms with E-state index in [-0.39, 0.29) is 54.6 Å². The summed E-state index contributed by atoms with van der Waals surface area (Å²) in [7, 11) is 0. The molecular weight excluding hydrogens is 725 g/mol. The molecule has 13 heteroatoms. The molecule has 2 unspecified atom stereocenters. The number of imide groups is 1. The van der Waals surface area contributed by atoms with Crippen LogP contribution >= 0.6 is 0 Å². The number of nitrogens with zero attached hydrogens (tertiary/aromatic N) is 2. The van der Waals surface area contributed by atoms with Crippen LogP contribution in [0.2, 0.25) is 0 Å². The molecule has 3 aliphatic carbocycles. The molecule has 3 saturated carbocycles. The van der Waals surface area contributed by atoms with E-state index in [0.29, 0.717) is 25.7 Å². The maximum Gasteiger partial charge on any atom is 0.289 e. The molecule has 57 heavy (non-hydrogen) atoms. The first kappa shape index (κ1) is 44.7. The number of nitrogens with one attached hydrogen (secondary N) is 4. The summed E-state index contributed by atoms with van der Waals surface area (Å²) < 4.78 is 0. The van der Waals surface area contributed by atoms with Crippen molar-refractivity contribution in [2.24, 2.45) is 28.1 Å². The fourth-order valence-corrected chi connectivity index (χ4v) is 9.81. The van der Waals surface area contributed by atoms with Crippen LogP contribution in [0.3, 0.4) is 0 Å². The molecule has 2 saturated heterocycles. The van der Waals surface area contributed by atoms with E-state index in [1.807, 2.05) is 34.6 Å². The van der Waals surface area contributed by atoms with Crippen molar-refractivity contribution in [2.45, 2.75) is 168 Å². The molecule has 318 valence electrons. The molecule has 0 bridgehead atoms. The van der Waals surface area contributed by atoms with Crippen molar-refractivity contribution < 1.29 is 33.9 Å². The summed E-state index contributed by atoms with van der Waals surface area (Å²) in [5, 5.41) is 23.7. The molecule has 0 radical (unpaired) electrons. The molecular formula is C44H70N6O7. The Kier molecular flexibility index (Phi) is 14.6. The highest BCUT2D eigenvalue weighted by atomic mass is 16.3. The number of ketones is 1. The zero-order valence-electron chi connectivity index (χ0n) is 35.4. The van der Waals surface area contributed by atoms with Crippen LogP contribution in [0.15, 0.2) is 24.3 Å². The van der Waals surface area contributed by atoms with Gasteiger partial charge in [0.1, 0.15) is 6.04 Å². The summed E-state index contributed by atoms with van der Waals surface area (Å²) >= 11 is 0. The molecule has 0 aromatic carbocycles. The Morgan fingerprint density at radius 2 is 1.56 bits per heavy atom. The van der Waals surface area contributed by atoms with Gasteiger partial charge in [0.25, 0.3) is 5.91 Å². The van der Waals surface area contributed by atoms with Gasteiger partial charge in [0.15, 0.2) is 6.35 Å². The number of hydrogen-bond donors (Lipinski definition) is 5. The Labute approximate surface area is 340 Å². The minimum Gasteiger partial charge on any atom is -0.365 e. The highest BCUT2D eigenvalue weighted by molar-refractivity contribution is 6.38. The van der Waals surface area contributed by atoms with Gasteiger partial charge in [0, 0.05) is 38.5 Å². The zero-order valence-corrected chi connectivity index (χ0v) is 35.4. The summed E-state index contributed by atoms with van der Waals surface area (Å²) in [6, 6.07) is -3.29. The maximum absolute atomic E-state index is 15.1. The first-order chi connectivity index (χ1) is 26.8. The smallest absolute Gasteiger partial charge is 0.289 e. The van der Waals surface area contributed by atoms with Crippen molar-refractivity contribution in [3.05, 3.63) is 24.3 Å². The molecule has 0 aromatic rings. The van der Waals surface area contributed by atoms with E-state index >= 15 is 4.79 Å². The second kappa shape index (κ2) is 18.7. The van der Waals surface area contributed by atoms with Crippen LogP contribution in [0, 0.1) is 28.1 Å². The lowest BCUT2D eigenvalue weighted by atomic mass is 9.70. The quantitative estimate of drug-likeness (QED) is 0.0624. The van der Waals surface area contributed by atoms with E-state index in [1.165, 1.54) is 11.0 Å². The Balaban J connectivity index is 1.37. The molecule has 1 spiro atoms. The molecule has 2 heterocycles. The van der Waals surface area contributed by atoms with Crippen LogP contribution in [-0.2, 0) is 28.8 Å². The number of hydrogen-bond acceptors (Lipinski definition) is 9. The van der Waals surface area contributed by atoms with E-state index < -0.39 is 58.9 Å². The van der Waals surface area contributed by atoms with Crippen LogP contribution in [0.25, 0.3) is 0 Å². The van der Waals surface area contributed by atoms with Crippen molar-refractivity contribution >= 4 is 35.3 Å². The van der Waals surface area contributed by atoms with Gasteiger partial charge in [0.2, 0.25) is 29.4 Å². The van der Waals surface area contributed by atoms with Gasteiger partial charge in [-0.2, -0.15) is 0 Å². The standard InChI is InChI=1S/C44H70N6O7/c1-8-20-45-39(55)36(53)31(22-29-14-15-29)46-38(54)32-23-30(21-28(2)3)26-49(32)40(56)37(43(7)16-10-9-11-17-43)48-41(57)47-33(42(4,5)6)27-50-34(51)24-44(25-35(50)52)18-12-13-19-44/h8,21,29-33,37,41,47-48,57H,1,9-20,22-27H2,2-7H3,(H,45,55)(H,46,54)/t30-,31?,32+,33-,37-,41?/m1/s1. The van der Waals surface area contributed by atoms with Gasteiger partial charge in [-0.1, -0.05) is 90.4 Å². The summed E-state index contributed by atoms with van der Waals surface area (Å²) in [6.07, 6.45) is 13.7. The van der Waals surface area contributed by atoms with Crippen LogP contribution < -0.4 is 21.3 Å². The van der Waals surface area contributed by atoms with E-state index in [9.17, 15) is 29.1 Å². The number of likely N-dealkylation sites (tertiary alicyclic amines) is 2. The molecule has 5 rings (SSSR count). The van der Waals surface area contributed by atoms with Crippen molar-refractivity contribution in [1.29, 1.82) is 0 Å². The van der Waals surface area contributed by atoms with Gasteiger partial charge in [-0.3, -0.25) is 44.3 Å². The van der Waals surface area contributed by atoms with Crippen molar-refractivity contribution in [2.75, 3.05) is 19.6 Å². The van der Waals surface area contributed by atoms with E-state index in [0.717, 1.165) is 76.2 Å². The molecule has 5 N–H and O–H groups in total. The van der Waals surface area contributed by atoms with Crippen molar-refractivity contribution in [3.63, 3.8) is 0 Å². The summed E-state index contributed by atoms with van der Waals surface area (Å²) in [5.41, 5.74) is -0.193. The van der Waals surface area contributed by atoms with Crippen molar-refractivity contribution in [3.8, 4) is 0 Å². The van der Waals surface area contributed by atoms with Gasteiger partial charge in [-0.15, -0.1) is 6.58 Å². The average Bonchev–Trinajstić information content (AvgIpc) is 3.69. The third-order valence-electron chi connectivity index (χ3n) is 13.4. The summed E-state index contributed by atoms with van der Waals surface area (Å²) in [6.45, 7) is 16.1. The molecule has 5 amide bonds. The predicted molar refractivity (Wildman–Crippen MR) is 218 cm³/mol. The number of rotatable bonds is 17. The van der Waals surface area contributed by atoms with E-state index in [1.54, 1.807) is 4.90 Å². The average molecular weight is 795 g/mol. The number of Topliss-reactive ketones (excluding diaryl/α,β-unsaturated/α-hetero) is 1. The molecule has 13 nitrogen and oxygen atoms in total. The van der Waals surface area contributed by atoms with E-state index in [2.05, 4.69) is 40.8 Å². The molecule has 5 fully saturated rings. The van der Waals surface area contributed by atoms with E-state index in [4.69, 9.17) is 0 Å². The Morgan fingerprint density at radius 3 is 2.12 bits per heavy atom. The van der Waals surface area contributed by atoms with Crippen molar-refractivity contribution in [1.82, 2.24) is 31.1 Å². The number of piperidine rings is 1. The second-order valence-electron chi connectivity index (χ2n) is 19.6. The number of aliphatic hydroxyl groups is 1. The van der Waals surface area contributed by atoms with Crippen LogP contribution in [-0.4, -0.2) is 100 Å². The highest BCUT2D eigenvalue weighted by Gasteiger charge is 2.50. The fourth-order valence-electron chi connectivity index (χ4n) is 9.81. The molecule has 2 aliphatic heterocycles. The number of carbonyl (C=O) groups excluding carboxylic acids is 6. The fraction of sp³-hybridized carbons (Fsp3) is 0.773. The number of allylic oxidation sites excluding steroid dienone is 1. The number of aliphatic hydroxyl groups excluding tert-OH is 1. The summed E-state index contributed by atoms with van der Waals surface area (Å²) in [4.78, 5) is 85.2. The maximum atomic E-state index is 15.1. The third-order valence-corrected chi connectivity index (χ3v) is 13.4. The lowest BCUT2D eigenvalue weighted by Gasteiger charge is -2.45. The SMILES string of the molecule is C=CCNC(=O)C(=O)C(CC1CC1)NC(=O)[C@@H]1C[C@@H](C=C(C)C)CN1C(=O)[C@@H](NC(O)N[C@H](CN1C(=O)CC2(CCCC2)CC1=O)C(C)(C)C)C1(C)CCCCC1.